The highest BCUT2D eigenvalue weighted by atomic mass is 15.2. The Labute approximate surface area is 281 Å². The molecular weight excluding hydrogens is 581 g/mol. The Bertz CT molecular complexity index is 2450. The first-order chi connectivity index (χ1) is 23.6. The topological polar surface area (TPSA) is 8.17 Å². The van der Waals surface area contributed by atoms with Gasteiger partial charge in [0.15, 0.2) is 0 Å². The van der Waals surface area contributed by atoms with E-state index in [-0.39, 0.29) is 5.41 Å². The molecule has 7 aromatic carbocycles. The van der Waals surface area contributed by atoms with Crippen molar-refractivity contribution < 1.29 is 0 Å². The summed E-state index contributed by atoms with van der Waals surface area (Å²) in [5.74, 6) is 0. The van der Waals surface area contributed by atoms with Crippen LogP contribution in [0.4, 0.5) is 17.1 Å². The Morgan fingerprint density at radius 2 is 0.938 bits per heavy atom. The third-order valence-electron chi connectivity index (χ3n) is 11.0. The molecule has 0 fully saturated rings. The lowest BCUT2D eigenvalue weighted by Gasteiger charge is -2.42. The number of fused-ring (bicyclic) bond motifs is 7. The lowest BCUT2D eigenvalue weighted by Crippen LogP contribution is -2.35. The summed E-state index contributed by atoms with van der Waals surface area (Å²) in [6.45, 7) is 4.69. The van der Waals surface area contributed by atoms with Gasteiger partial charge in [-0.15, -0.1) is 0 Å². The lowest BCUT2D eigenvalue weighted by molar-refractivity contribution is 0.632. The number of para-hydroxylation sites is 4. The number of hydrogen-bond acceptors (Lipinski definition) is 1. The van der Waals surface area contributed by atoms with Crippen molar-refractivity contribution in [2.45, 2.75) is 24.7 Å². The summed E-state index contributed by atoms with van der Waals surface area (Å²) in [5, 5.41) is 2.53. The molecular formula is C46H34N2. The number of anilines is 3. The van der Waals surface area contributed by atoms with Gasteiger partial charge in [0.25, 0.3) is 0 Å². The maximum absolute atomic E-state index is 2.52. The summed E-state index contributed by atoms with van der Waals surface area (Å²) in [4.78, 5) is 2.47. The van der Waals surface area contributed by atoms with Gasteiger partial charge in [-0.05, 0) is 69.8 Å². The second-order valence-corrected chi connectivity index (χ2v) is 13.7. The van der Waals surface area contributed by atoms with Crippen LogP contribution < -0.4 is 4.90 Å². The fraction of sp³-hybridized carbons (Fsp3) is 0.0870. The molecule has 0 saturated carbocycles. The minimum absolute atomic E-state index is 0.0978. The van der Waals surface area contributed by atoms with Gasteiger partial charge >= 0.3 is 0 Å². The third kappa shape index (κ3) is 3.42. The first-order valence-corrected chi connectivity index (χ1v) is 16.9. The quantitative estimate of drug-likeness (QED) is 0.192. The van der Waals surface area contributed by atoms with Crippen molar-refractivity contribution in [1.82, 2.24) is 4.57 Å². The summed E-state index contributed by atoms with van der Waals surface area (Å²) in [7, 11) is 0. The minimum Gasteiger partial charge on any atom is -0.310 e. The molecule has 0 N–H and O–H groups in total. The molecule has 2 aliphatic heterocycles. The van der Waals surface area contributed by atoms with Crippen molar-refractivity contribution in [3.63, 3.8) is 0 Å². The smallest absolute Gasteiger partial charge is 0.0742 e. The van der Waals surface area contributed by atoms with Crippen LogP contribution in [0.5, 0.6) is 0 Å². The molecule has 0 atom stereocenters. The molecule has 1 aromatic heterocycles. The van der Waals surface area contributed by atoms with E-state index in [2.05, 4.69) is 193 Å². The monoisotopic (exact) mass is 614 g/mol. The summed E-state index contributed by atoms with van der Waals surface area (Å²) >= 11 is 0. The van der Waals surface area contributed by atoms with Crippen LogP contribution in [-0.4, -0.2) is 4.57 Å². The first kappa shape index (κ1) is 27.3. The van der Waals surface area contributed by atoms with Crippen LogP contribution in [0.25, 0.3) is 27.5 Å². The average Bonchev–Trinajstić information content (AvgIpc) is 3.48. The van der Waals surface area contributed by atoms with E-state index in [0.29, 0.717) is 0 Å². The molecule has 0 radical (unpaired) electrons. The molecule has 10 rings (SSSR count). The first-order valence-electron chi connectivity index (χ1n) is 16.9. The molecule has 0 bridgehead atoms. The maximum atomic E-state index is 2.52. The molecule has 0 unspecified atom stereocenters. The second-order valence-electron chi connectivity index (χ2n) is 13.7. The molecule has 8 aromatic rings. The average molecular weight is 615 g/mol. The SMILES string of the molecule is CC1(C)c2ccccc2N(c2ccc3c(c2)c2cccc4c2n3-c2ccccc2C4(c2ccccc2)c2ccccc2)c2ccccc21. The Kier molecular flexibility index (Phi) is 5.58. The van der Waals surface area contributed by atoms with Crippen LogP contribution in [0.15, 0.2) is 170 Å². The number of aromatic nitrogens is 1. The van der Waals surface area contributed by atoms with Crippen LogP contribution in [0.1, 0.15) is 47.2 Å². The molecule has 0 saturated heterocycles. The molecule has 2 aliphatic rings. The highest BCUT2D eigenvalue weighted by Gasteiger charge is 2.45. The van der Waals surface area contributed by atoms with Gasteiger partial charge in [0.05, 0.1) is 33.5 Å². The van der Waals surface area contributed by atoms with Crippen LogP contribution >= 0.6 is 0 Å². The number of rotatable bonds is 3. The summed E-state index contributed by atoms with van der Waals surface area (Å²) in [6, 6.07) is 63.0. The van der Waals surface area contributed by atoms with E-state index >= 15 is 0 Å². The summed E-state index contributed by atoms with van der Waals surface area (Å²) < 4.78 is 2.52. The fourth-order valence-corrected chi connectivity index (χ4v) is 8.99. The van der Waals surface area contributed by atoms with Crippen LogP contribution in [0.3, 0.4) is 0 Å². The molecule has 3 heterocycles. The molecule has 228 valence electrons. The Morgan fingerprint density at radius 1 is 0.417 bits per heavy atom. The van der Waals surface area contributed by atoms with E-state index in [4.69, 9.17) is 0 Å². The van der Waals surface area contributed by atoms with E-state index in [1.54, 1.807) is 0 Å². The largest absolute Gasteiger partial charge is 0.310 e. The number of benzene rings is 7. The van der Waals surface area contributed by atoms with Crippen molar-refractivity contribution in [2.24, 2.45) is 0 Å². The highest BCUT2D eigenvalue weighted by molar-refractivity contribution is 6.13. The molecule has 0 aliphatic carbocycles. The van der Waals surface area contributed by atoms with E-state index in [0.717, 1.165) is 0 Å². The standard InChI is InChI=1S/C46H34N2/c1-45(2)36-21-9-12-25-41(36)47(42-26-13-10-22-37(42)45)33-28-29-40-35(30-33)34-20-15-24-39-44(34)48(40)43-27-14-11-23-38(43)46(39,31-16-5-3-6-17-31)32-18-7-4-8-19-32/h3-30H,1-2H3. The van der Waals surface area contributed by atoms with Crippen LogP contribution in [0.2, 0.25) is 0 Å². The van der Waals surface area contributed by atoms with Gasteiger partial charge in [0.2, 0.25) is 0 Å². The summed E-state index contributed by atoms with van der Waals surface area (Å²) in [6.07, 6.45) is 0. The Morgan fingerprint density at radius 3 is 1.56 bits per heavy atom. The third-order valence-corrected chi connectivity index (χ3v) is 11.0. The predicted molar refractivity (Wildman–Crippen MR) is 199 cm³/mol. The molecule has 48 heavy (non-hydrogen) atoms. The second kappa shape index (κ2) is 9.82. The molecule has 2 heteroatoms. The van der Waals surface area contributed by atoms with Gasteiger partial charge in [0.1, 0.15) is 0 Å². The molecule has 0 amide bonds. The number of hydrogen-bond donors (Lipinski definition) is 0. The van der Waals surface area contributed by atoms with Gasteiger partial charge in [-0.3, -0.25) is 0 Å². The zero-order valence-corrected chi connectivity index (χ0v) is 27.1. The van der Waals surface area contributed by atoms with E-state index in [1.165, 1.54) is 77.9 Å². The van der Waals surface area contributed by atoms with E-state index in [1.807, 2.05) is 0 Å². The van der Waals surface area contributed by atoms with Crippen molar-refractivity contribution in [3.05, 3.63) is 203 Å². The normalized spacial score (nSPS) is 15.2. The summed E-state index contributed by atoms with van der Waals surface area (Å²) in [5.41, 5.74) is 14.7. The number of nitrogens with zero attached hydrogens (tertiary/aromatic N) is 2. The molecule has 0 spiro atoms. The van der Waals surface area contributed by atoms with E-state index < -0.39 is 5.41 Å². The molecule has 2 nitrogen and oxygen atoms in total. The van der Waals surface area contributed by atoms with Crippen molar-refractivity contribution >= 4 is 38.9 Å². The van der Waals surface area contributed by atoms with Gasteiger partial charge < -0.3 is 9.47 Å². The van der Waals surface area contributed by atoms with Gasteiger partial charge in [-0.2, -0.15) is 0 Å². The Balaban J connectivity index is 1.31. The van der Waals surface area contributed by atoms with Crippen molar-refractivity contribution in [1.29, 1.82) is 0 Å². The lowest BCUT2D eigenvalue weighted by atomic mass is 9.63. The maximum Gasteiger partial charge on any atom is 0.0742 e. The van der Waals surface area contributed by atoms with Crippen molar-refractivity contribution in [3.8, 4) is 5.69 Å². The van der Waals surface area contributed by atoms with Crippen LogP contribution in [-0.2, 0) is 10.8 Å². The Hall–Kier alpha value is -5.86. The van der Waals surface area contributed by atoms with Crippen molar-refractivity contribution in [2.75, 3.05) is 4.90 Å². The van der Waals surface area contributed by atoms with Gasteiger partial charge in [-0.25, -0.2) is 0 Å². The highest BCUT2D eigenvalue weighted by Crippen LogP contribution is 2.56. The minimum atomic E-state index is -0.470. The zero-order valence-electron chi connectivity index (χ0n) is 27.1. The van der Waals surface area contributed by atoms with Gasteiger partial charge in [-0.1, -0.05) is 147 Å². The van der Waals surface area contributed by atoms with Crippen LogP contribution in [0, 0.1) is 0 Å². The van der Waals surface area contributed by atoms with E-state index in [9.17, 15) is 0 Å². The zero-order chi connectivity index (χ0) is 32.0. The fourth-order valence-electron chi connectivity index (χ4n) is 8.99. The predicted octanol–water partition coefficient (Wildman–Crippen LogP) is 11.6. The van der Waals surface area contributed by atoms with Gasteiger partial charge in [0, 0.05) is 21.9 Å².